The molecular formula is C20H28N6O. The summed E-state index contributed by atoms with van der Waals surface area (Å²) >= 11 is 0. The molecule has 7 heteroatoms. The number of aromatic nitrogens is 4. The van der Waals surface area contributed by atoms with Crippen molar-refractivity contribution in [1.82, 2.24) is 30.0 Å². The van der Waals surface area contributed by atoms with Crippen molar-refractivity contribution < 1.29 is 4.79 Å². The van der Waals surface area contributed by atoms with E-state index in [0.717, 1.165) is 48.7 Å². The first-order chi connectivity index (χ1) is 13.1. The van der Waals surface area contributed by atoms with E-state index in [4.69, 9.17) is 4.98 Å². The highest BCUT2D eigenvalue weighted by Crippen LogP contribution is 2.24. The van der Waals surface area contributed by atoms with E-state index in [0.29, 0.717) is 13.1 Å². The predicted molar refractivity (Wildman–Crippen MR) is 102 cm³/mol. The lowest BCUT2D eigenvalue weighted by atomic mass is 10.0. The number of carbonyl (C=O) groups is 1. The molecule has 2 aromatic heterocycles. The largest absolute Gasteiger partial charge is 0.338 e. The van der Waals surface area contributed by atoms with E-state index in [9.17, 15) is 4.79 Å². The van der Waals surface area contributed by atoms with Crippen molar-refractivity contribution in [2.24, 2.45) is 5.92 Å². The lowest BCUT2D eigenvalue weighted by Gasteiger charge is -2.31. The molecule has 0 aliphatic carbocycles. The third-order valence-electron chi connectivity index (χ3n) is 5.54. The fraction of sp³-hybridized carbons (Fsp3) is 0.600. The van der Waals surface area contributed by atoms with Crippen LogP contribution in [0, 0.1) is 12.8 Å². The average Bonchev–Trinajstić information content (AvgIpc) is 3.11. The summed E-state index contributed by atoms with van der Waals surface area (Å²) in [6.07, 6.45) is 8.22. The number of hydrogen-bond donors (Lipinski definition) is 1. The predicted octanol–water partition coefficient (Wildman–Crippen LogP) is 2.02. The molecule has 0 spiro atoms. The van der Waals surface area contributed by atoms with Gasteiger partial charge in [-0.25, -0.2) is 9.97 Å². The molecule has 1 N–H and O–H groups in total. The van der Waals surface area contributed by atoms with Crippen molar-refractivity contribution in [2.75, 3.05) is 13.1 Å². The maximum absolute atomic E-state index is 12.9. The van der Waals surface area contributed by atoms with Crippen molar-refractivity contribution >= 4 is 5.91 Å². The second kappa shape index (κ2) is 7.76. The zero-order chi connectivity index (χ0) is 18.8. The van der Waals surface area contributed by atoms with Gasteiger partial charge < -0.3 is 10.2 Å². The van der Waals surface area contributed by atoms with Crippen LogP contribution in [-0.4, -0.2) is 43.6 Å². The third-order valence-corrected chi connectivity index (χ3v) is 5.54. The van der Waals surface area contributed by atoms with Crippen LogP contribution < -0.4 is 5.32 Å². The maximum Gasteiger partial charge on any atom is 0.227 e. The van der Waals surface area contributed by atoms with Crippen LogP contribution in [0.25, 0.3) is 0 Å². The van der Waals surface area contributed by atoms with Crippen molar-refractivity contribution in [3.63, 3.8) is 0 Å². The molecule has 7 nitrogen and oxygen atoms in total. The van der Waals surface area contributed by atoms with E-state index in [2.05, 4.69) is 15.4 Å². The Morgan fingerprint density at radius 1 is 1.41 bits per heavy atom. The Morgan fingerprint density at radius 3 is 3.04 bits per heavy atom. The number of piperidine rings is 1. The van der Waals surface area contributed by atoms with E-state index in [1.807, 2.05) is 41.9 Å². The number of carbonyl (C=O) groups excluding carboxylic acids is 1. The molecule has 4 rings (SSSR count). The summed E-state index contributed by atoms with van der Waals surface area (Å²) in [4.78, 5) is 24.2. The summed E-state index contributed by atoms with van der Waals surface area (Å²) < 4.78 is 1.85. The van der Waals surface area contributed by atoms with Crippen LogP contribution in [0.5, 0.6) is 0 Å². The van der Waals surface area contributed by atoms with Gasteiger partial charge in [-0.05, 0) is 32.4 Å². The summed E-state index contributed by atoms with van der Waals surface area (Å²) in [6, 6.07) is 2.24. The Bertz CT molecular complexity index is 811. The Hall–Kier alpha value is -2.28. The van der Waals surface area contributed by atoms with Crippen LogP contribution in [0.4, 0.5) is 0 Å². The van der Waals surface area contributed by atoms with Gasteiger partial charge in [0.15, 0.2) is 0 Å². The maximum atomic E-state index is 12.9. The summed E-state index contributed by atoms with van der Waals surface area (Å²) in [5, 5.41) is 7.90. The van der Waals surface area contributed by atoms with E-state index in [1.165, 1.54) is 12.8 Å². The van der Waals surface area contributed by atoms with Gasteiger partial charge in [0.1, 0.15) is 5.82 Å². The molecule has 27 heavy (non-hydrogen) atoms. The molecule has 0 aromatic carbocycles. The number of aryl methyl sites for hydroxylation is 1. The Kier molecular flexibility index (Phi) is 5.20. The lowest BCUT2D eigenvalue weighted by Crippen LogP contribution is -2.40. The SMILES string of the molecule is Cc1ccn(C[C@@H](C)C(=O)N2CCc3nc([C@@H]4CCCCN4)ncc3C2)n1. The van der Waals surface area contributed by atoms with Gasteiger partial charge in [0, 0.05) is 37.5 Å². The van der Waals surface area contributed by atoms with Crippen LogP contribution in [-0.2, 0) is 24.3 Å². The van der Waals surface area contributed by atoms with Gasteiger partial charge in [-0.2, -0.15) is 5.10 Å². The van der Waals surface area contributed by atoms with Gasteiger partial charge in [-0.15, -0.1) is 0 Å². The Balaban J connectivity index is 1.40. The topological polar surface area (TPSA) is 75.9 Å². The van der Waals surface area contributed by atoms with Gasteiger partial charge in [0.05, 0.1) is 29.9 Å². The molecule has 1 fully saturated rings. The van der Waals surface area contributed by atoms with Gasteiger partial charge in [0.2, 0.25) is 5.91 Å². The molecule has 144 valence electrons. The Labute approximate surface area is 160 Å². The minimum atomic E-state index is -0.0996. The van der Waals surface area contributed by atoms with Crippen molar-refractivity contribution in [3.8, 4) is 0 Å². The van der Waals surface area contributed by atoms with E-state index < -0.39 is 0 Å². The second-order valence-corrected chi connectivity index (χ2v) is 7.79. The average molecular weight is 368 g/mol. The molecule has 0 bridgehead atoms. The summed E-state index contributed by atoms with van der Waals surface area (Å²) in [5.74, 6) is 0.986. The first kappa shape index (κ1) is 18.1. The second-order valence-electron chi connectivity index (χ2n) is 7.79. The Morgan fingerprint density at radius 2 is 2.30 bits per heavy atom. The molecule has 2 aliphatic heterocycles. The first-order valence-electron chi connectivity index (χ1n) is 9.97. The molecule has 2 aliphatic rings. The van der Waals surface area contributed by atoms with E-state index >= 15 is 0 Å². The third kappa shape index (κ3) is 4.03. The van der Waals surface area contributed by atoms with Crippen LogP contribution in [0.3, 0.4) is 0 Å². The number of rotatable bonds is 4. The smallest absolute Gasteiger partial charge is 0.227 e. The number of nitrogens with one attached hydrogen (secondary N) is 1. The zero-order valence-corrected chi connectivity index (χ0v) is 16.2. The van der Waals surface area contributed by atoms with Crippen LogP contribution in [0.1, 0.15) is 55.0 Å². The summed E-state index contributed by atoms with van der Waals surface area (Å²) in [6.45, 7) is 6.92. The minimum absolute atomic E-state index is 0.0996. The fourth-order valence-corrected chi connectivity index (χ4v) is 4.00. The van der Waals surface area contributed by atoms with Crippen LogP contribution >= 0.6 is 0 Å². The highest BCUT2D eigenvalue weighted by Gasteiger charge is 2.27. The molecule has 0 radical (unpaired) electrons. The molecule has 1 saturated heterocycles. The van der Waals surface area contributed by atoms with Crippen molar-refractivity contribution in [1.29, 1.82) is 0 Å². The number of hydrogen-bond acceptors (Lipinski definition) is 5. The summed E-state index contributed by atoms with van der Waals surface area (Å²) in [7, 11) is 0. The standard InChI is InChI=1S/C20H28N6O/c1-14(12-26-10-6-15(2)24-26)20(27)25-9-7-17-16(13-25)11-22-19(23-17)18-5-3-4-8-21-18/h6,10-11,14,18,21H,3-5,7-9,12-13H2,1-2H3/t14-,18+/m1/s1. The molecule has 0 saturated carbocycles. The highest BCUT2D eigenvalue weighted by atomic mass is 16.2. The van der Waals surface area contributed by atoms with Gasteiger partial charge in [-0.3, -0.25) is 9.48 Å². The zero-order valence-electron chi connectivity index (χ0n) is 16.2. The normalized spacial score (nSPS) is 21.0. The van der Waals surface area contributed by atoms with Crippen LogP contribution in [0.2, 0.25) is 0 Å². The first-order valence-corrected chi connectivity index (χ1v) is 9.97. The van der Waals surface area contributed by atoms with Crippen molar-refractivity contribution in [3.05, 3.63) is 41.2 Å². The van der Waals surface area contributed by atoms with Gasteiger partial charge in [-0.1, -0.05) is 13.3 Å². The molecule has 2 atom stereocenters. The van der Waals surface area contributed by atoms with Gasteiger partial charge >= 0.3 is 0 Å². The van der Waals surface area contributed by atoms with E-state index in [1.54, 1.807) is 0 Å². The number of nitrogens with zero attached hydrogens (tertiary/aromatic N) is 5. The lowest BCUT2D eigenvalue weighted by molar-refractivity contribution is -0.136. The molecule has 0 unspecified atom stereocenters. The summed E-state index contributed by atoms with van der Waals surface area (Å²) in [5.41, 5.74) is 3.16. The highest BCUT2D eigenvalue weighted by molar-refractivity contribution is 5.78. The molecule has 2 aromatic rings. The molecular weight excluding hydrogens is 340 g/mol. The fourth-order valence-electron chi connectivity index (χ4n) is 4.00. The number of amides is 1. The number of fused-ring (bicyclic) bond motifs is 1. The monoisotopic (exact) mass is 368 g/mol. The van der Waals surface area contributed by atoms with Gasteiger partial charge in [0.25, 0.3) is 0 Å². The quantitative estimate of drug-likeness (QED) is 0.893. The minimum Gasteiger partial charge on any atom is -0.338 e. The molecule has 1 amide bonds. The van der Waals surface area contributed by atoms with Crippen LogP contribution in [0.15, 0.2) is 18.5 Å². The molecule has 4 heterocycles. The van der Waals surface area contributed by atoms with E-state index in [-0.39, 0.29) is 17.9 Å². The van der Waals surface area contributed by atoms with Crippen molar-refractivity contribution in [2.45, 2.75) is 58.7 Å².